The van der Waals surface area contributed by atoms with Crippen LogP contribution in [0.5, 0.6) is 0 Å². The van der Waals surface area contributed by atoms with Crippen molar-refractivity contribution in [1.29, 1.82) is 0 Å². The molecule has 70 valence electrons. The summed E-state index contributed by atoms with van der Waals surface area (Å²) >= 11 is 0. The molecular formula is C11H21N. The zero-order valence-corrected chi connectivity index (χ0v) is 8.64. The van der Waals surface area contributed by atoms with Gasteiger partial charge in [0.1, 0.15) is 0 Å². The molecule has 1 nitrogen and oxygen atoms in total. The second-order valence-corrected chi connectivity index (χ2v) is 3.30. The summed E-state index contributed by atoms with van der Waals surface area (Å²) in [4.78, 5) is 2.25. The van der Waals surface area contributed by atoms with Crippen molar-refractivity contribution in [2.75, 3.05) is 13.6 Å². The highest BCUT2D eigenvalue weighted by Crippen LogP contribution is 2.02. The largest absolute Gasteiger partial charge is 0.380 e. The minimum absolute atomic E-state index is 0.996. The summed E-state index contributed by atoms with van der Waals surface area (Å²) in [5.41, 5.74) is 1.38. The van der Waals surface area contributed by atoms with Crippen LogP contribution in [0.4, 0.5) is 0 Å². The van der Waals surface area contributed by atoms with Gasteiger partial charge in [0, 0.05) is 13.6 Å². The molecule has 0 aromatic heterocycles. The van der Waals surface area contributed by atoms with Gasteiger partial charge in [0.15, 0.2) is 0 Å². The minimum atomic E-state index is 0.996. The van der Waals surface area contributed by atoms with Crippen molar-refractivity contribution in [3.63, 3.8) is 0 Å². The zero-order chi connectivity index (χ0) is 9.40. The van der Waals surface area contributed by atoms with Crippen LogP contribution in [0.2, 0.25) is 0 Å². The second kappa shape index (κ2) is 6.96. The Morgan fingerprint density at radius 2 is 2.17 bits per heavy atom. The molecule has 0 N–H and O–H groups in total. The smallest absolute Gasteiger partial charge is 0.0169 e. The molecule has 0 atom stereocenters. The fraction of sp³-hybridized carbons (Fsp3) is 0.636. The number of allylic oxidation sites excluding steroid dienone is 2. The van der Waals surface area contributed by atoms with Gasteiger partial charge in [0.05, 0.1) is 0 Å². The highest BCUT2D eigenvalue weighted by molar-refractivity contribution is 5.01. The molecule has 12 heavy (non-hydrogen) atoms. The van der Waals surface area contributed by atoms with Gasteiger partial charge < -0.3 is 4.90 Å². The van der Waals surface area contributed by atoms with Gasteiger partial charge in [-0.2, -0.15) is 0 Å². The standard InChI is InChI=1S/C11H21N/c1-5-7-9-12(4)10-11(3)8-6-2/h6,10H,2,5,7-9H2,1,3-4H3/b11-10+. The first-order valence-electron chi connectivity index (χ1n) is 4.69. The zero-order valence-electron chi connectivity index (χ0n) is 8.64. The minimum Gasteiger partial charge on any atom is -0.380 e. The molecule has 0 heterocycles. The van der Waals surface area contributed by atoms with E-state index in [-0.39, 0.29) is 0 Å². The molecule has 0 aliphatic heterocycles. The van der Waals surface area contributed by atoms with Crippen LogP contribution in [-0.2, 0) is 0 Å². The quantitative estimate of drug-likeness (QED) is 0.549. The van der Waals surface area contributed by atoms with Crippen LogP contribution in [0, 0.1) is 0 Å². The van der Waals surface area contributed by atoms with Crippen LogP contribution < -0.4 is 0 Å². The Labute approximate surface area is 76.8 Å². The summed E-state index contributed by atoms with van der Waals surface area (Å²) in [5.74, 6) is 0. The number of hydrogen-bond donors (Lipinski definition) is 0. The Bertz CT molecular complexity index is 147. The Balaban J connectivity index is 3.70. The van der Waals surface area contributed by atoms with Crippen molar-refractivity contribution in [3.05, 3.63) is 24.4 Å². The lowest BCUT2D eigenvalue weighted by Gasteiger charge is -2.14. The fourth-order valence-corrected chi connectivity index (χ4v) is 1.13. The van der Waals surface area contributed by atoms with Gasteiger partial charge in [-0.25, -0.2) is 0 Å². The van der Waals surface area contributed by atoms with E-state index < -0.39 is 0 Å². The predicted molar refractivity (Wildman–Crippen MR) is 56.1 cm³/mol. The van der Waals surface area contributed by atoms with Crippen molar-refractivity contribution in [2.45, 2.75) is 33.1 Å². The monoisotopic (exact) mass is 167 g/mol. The van der Waals surface area contributed by atoms with E-state index in [0.717, 1.165) is 13.0 Å². The normalized spacial score (nSPS) is 11.4. The van der Waals surface area contributed by atoms with E-state index in [2.05, 4.69) is 38.6 Å². The summed E-state index contributed by atoms with van der Waals surface area (Å²) in [5, 5.41) is 0. The van der Waals surface area contributed by atoms with Crippen molar-refractivity contribution in [2.24, 2.45) is 0 Å². The van der Waals surface area contributed by atoms with E-state index in [9.17, 15) is 0 Å². The van der Waals surface area contributed by atoms with E-state index in [1.54, 1.807) is 0 Å². The Hall–Kier alpha value is -0.720. The molecule has 0 radical (unpaired) electrons. The Morgan fingerprint density at radius 3 is 2.67 bits per heavy atom. The molecule has 0 aromatic carbocycles. The number of unbranched alkanes of at least 4 members (excludes halogenated alkanes) is 1. The third kappa shape index (κ3) is 6.02. The Morgan fingerprint density at radius 1 is 1.50 bits per heavy atom. The van der Waals surface area contributed by atoms with Crippen LogP contribution in [0.1, 0.15) is 33.1 Å². The lowest BCUT2D eigenvalue weighted by Crippen LogP contribution is -2.12. The highest BCUT2D eigenvalue weighted by atomic mass is 15.1. The third-order valence-electron chi connectivity index (χ3n) is 1.77. The summed E-state index contributed by atoms with van der Waals surface area (Å²) in [6.07, 6.45) is 7.68. The summed E-state index contributed by atoms with van der Waals surface area (Å²) < 4.78 is 0. The molecule has 0 unspecified atom stereocenters. The topological polar surface area (TPSA) is 3.24 Å². The van der Waals surface area contributed by atoms with Crippen LogP contribution >= 0.6 is 0 Å². The molecular weight excluding hydrogens is 146 g/mol. The molecule has 0 aliphatic carbocycles. The predicted octanol–water partition coefficient (Wildman–Crippen LogP) is 3.20. The van der Waals surface area contributed by atoms with E-state index in [1.807, 2.05) is 6.08 Å². The number of hydrogen-bond acceptors (Lipinski definition) is 1. The lowest BCUT2D eigenvalue weighted by molar-refractivity contribution is 0.437. The number of nitrogens with zero attached hydrogens (tertiary/aromatic N) is 1. The maximum Gasteiger partial charge on any atom is 0.0169 e. The van der Waals surface area contributed by atoms with Gasteiger partial charge in [-0.3, -0.25) is 0 Å². The van der Waals surface area contributed by atoms with Crippen molar-refractivity contribution < 1.29 is 0 Å². The summed E-state index contributed by atoms with van der Waals surface area (Å²) in [6, 6.07) is 0. The van der Waals surface area contributed by atoms with Gasteiger partial charge >= 0.3 is 0 Å². The number of rotatable bonds is 6. The molecule has 0 aromatic rings. The molecule has 0 rings (SSSR count). The first-order chi connectivity index (χ1) is 5.70. The SMILES string of the molecule is C=CC/C(C)=C/N(C)CCCC. The van der Waals surface area contributed by atoms with Gasteiger partial charge in [-0.1, -0.05) is 25.0 Å². The van der Waals surface area contributed by atoms with Crippen molar-refractivity contribution in [1.82, 2.24) is 4.90 Å². The lowest BCUT2D eigenvalue weighted by atomic mass is 10.2. The van der Waals surface area contributed by atoms with Gasteiger partial charge in [-0.15, -0.1) is 6.58 Å². The average Bonchev–Trinajstić information content (AvgIpc) is 2.01. The molecule has 1 heteroatoms. The molecule has 0 fully saturated rings. The molecule has 0 aliphatic rings. The van der Waals surface area contributed by atoms with Crippen LogP contribution in [0.3, 0.4) is 0 Å². The van der Waals surface area contributed by atoms with Gasteiger partial charge in [0.25, 0.3) is 0 Å². The van der Waals surface area contributed by atoms with Crippen molar-refractivity contribution in [3.8, 4) is 0 Å². The van der Waals surface area contributed by atoms with Gasteiger partial charge in [0.2, 0.25) is 0 Å². The van der Waals surface area contributed by atoms with Gasteiger partial charge in [-0.05, 0) is 26.0 Å². The van der Waals surface area contributed by atoms with E-state index >= 15 is 0 Å². The fourth-order valence-electron chi connectivity index (χ4n) is 1.13. The van der Waals surface area contributed by atoms with Crippen LogP contribution in [-0.4, -0.2) is 18.5 Å². The molecule has 0 bridgehead atoms. The maximum atomic E-state index is 3.71. The summed E-state index contributed by atoms with van der Waals surface area (Å²) in [7, 11) is 2.13. The van der Waals surface area contributed by atoms with Crippen LogP contribution in [0.25, 0.3) is 0 Å². The maximum absolute atomic E-state index is 3.71. The van der Waals surface area contributed by atoms with Crippen LogP contribution in [0.15, 0.2) is 24.4 Å². The summed E-state index contributed by atoms with van der Waals surface area (Å²) in [6.45, 7) is 9.23. The van der Waals surface area contributed by atoms with E-state index in [1.165, 1.54) is 18.4 Å². The molecule has 0 amide bonds. The van der Waals surface area contributed by atoms with E-state index in [0.29, 0.717) is 0 Å². The third-order valence-corrected chi connectivity index (χ3v) is 1.77. The van der Waals surface area contributed by atoms with E-state index in [4.69, 9.17) is 0 Å². The highest BCUT2D eigenvalue weighted by Gasteiger charge is 1.91. The molecule has 0 saturated carbocycles. The first kappa shape index (κ1) is 11.3. The first-order valence-corrected chi connectivity index (χ1v) is 4.69. The second-order valence-electron chi connectivity index (χ2n) is 3.30. The van der Waals surface area contributed by atoms with Crippen molar-refractivity contribution >= 4 is 0 Å². The molecule has 0 spiro atoms. The molecule has 0 saturated heterocycles. The Kier molecular flexibility index (Phi) is 6.54. The average molecular weight is 167 g/mol.